The van der Waals surface area contributed by atoms with E-state index >= 15 is 0 Å². The summed E-state index contributed by atoms with van der Waals surface area (Å²) in [6, 6.07) is 1.76. The van der Waals surface area contributed by atoms with Gasteiger partial charge in [0.05, 0.1) is 17.5 Å². The van der Waals surface area contributed by atoms with Gasteiger partial charge < -0.3 is 15.7 Å². The third-order valence-electron chi connectivity index (χ3n) is 3.49. The molecule has 1 aliphatic rings. The highest BCUT2D eigenvalue weighted by molar-refractivity contribution is 6.00. The molecule has 1 aromatic heterocycles. The zero-order chi connectivity index (χ0) is 13.2. The van der Waals surface area contributed by atoms with Crippen LogP contribution in [-0.4, -0.2) is 34.6 Å². The number of nitrogen functional groups attached to an aromatic ring is 1. The van der Waals surface area contributed by atoms with Crippen LogP contribution in [0.25, 0.3) is 0 Å². The van der Waals surface area contributed by atoms with Crippen LogP contribution in [0.1, 0.15) is 31.7 Å². The van der Waals surface area contributed by atoms with E-state index in [4.69, 9.17) is 11.1 Å². The van der Waals surface area contributed by atoms with Gasteiger partial charge in [-0.25, -0.2) is 0 Å². The Morgan fingerprint density at radius 1 is 1.50 bits per heavy atom. The minimum atomic E-state index is -0.590. The summed E-state index contributed by atoms with van der Waals surface area (Å²) in [5, 5.41) is 17.7. The average Bonchev–Trinajstić information content (AvgIpc) is 2.50. The second-order valence-electron chi connectivity index (χ2n) is 5.14. The van der Waals surface area contributed by atoms with Crippen molar-refractivity contribution < 1.29 is 5.11 Å². The van der Waals surface area contributed by atoms with Gasteiger partial charge in [0.2, 0.25) is 0 Å². The Bertz CT molecular complexity index is 444. The number of aliphatic hydroxyl groups is 1. The number of hydrogen-bond donors (Lipinski definition) is 3. The molecule has 5 heteroatoms. The van der Waals surface area contributed by atoms with Crippen molar-refractivity contribution in [3.8, 4) is 0 Å². The lowest BCUT2D eigenvalue weighted by molar-refractivity contribution is 0.0481. The highest BCUT2D eigenvalue weighted by Crippen LogP contribution is 2.26. The molecular formula is C13H20N4O. The fraction of sp³-hybridized carbons (Fsp3) is 0.538. The van der Waals surface area contributed by atoms with E-state index in [1.807, 2.05) is 6.92 Å². The summed E-state index contributed by atoms with van der Waals surface area (Å²) in [5.41, 5.74) is 6.61. The quantitative estimate of drug-likeness (QED) is 0.540. The molecule has 1 atom stereocenters. The van der Waals surface area contributed by atoms with Gasteiger partial charge in [0, 0.05) is 24.8 Å². The lowest BCUT2D eigenvalue weighted by atomic mass is 9.98. The largest absolute Gasteiger partial charge is 0.390 e. The first kappa shape index (κ1) is 12.8. The maximum Gasteiger partial charge on any atom is 0.125 e. The Hall–Kier alpha value is -1.62. The van der Waals surface area contributed by atoms with Gasteiger partial charge in [-0.1, -0.05) is 0 Å². The molecule has 5 nitrogen and oxygen atoms in total. The van der Waals surface area contributed by atoms with Gasteiger partial charge in [-0.3, -0.25) is 10.4 Å². The van der Waals surface area contributed by atoms with Crippen molar-refractivity contribution in [1.82, 2.24) is 4.98 Å². The van der Waals surface area contributed by atoms with Crippen LogP contribution in [0.3, 0.4) is 0 Å². The monoisotopic (exact) mass is 248 g/mol. The predicted molar refractivity (Wildman–Crippen MR) is 71.9 cm³/mol. The molecule has 1 aromatic rings. The lowest BCUT2D eigenvalue weighted by Crippen LogP contribution is -2.30. The summed E-state index contributed by atoms with van der Waals surface area (Å²) in [7, 11) is 0. The molecule has 1 fully saturated rings. The number of rotatable bonds is 2. The summed E-state index contributed by atoms with van der Waals surface area (Å²) in [4.78, 5) is 6.27. The number of amidine groups is 1. The smallest absolute Gasteiger partial charge is 0.125 e. The second kappa shape index (κ2) is 4.94. The number of anilines is 1. The van der Waals surface area contributed by atoms with E-state index in [-0.39, 0.29) is 5.84 Å². The number of nitrogens with one attached hydrogen (secondary N) is 1. The maximum atomic E-state index is 10.1. The summed E-state index contributed by atoms with van der Waals surface area (Å²) in [6.45, 7) is 3.51. The Labute approximate surface area is 107 Å². The van der Waals surface area contributed by atoms with E-state index in [2.05, 4.69) is 9.88 Å². The number of pyridine rings is 1. The van der Waals surface area contributed by atoms with E-state index in [9.17, 15) is 5.11 Å². The molecule has 0 amide bonds. The summed E-state index contributed by atoms with van der Waals surface area (Å²) >= 11 is 0. The molecule has 0 radical (unpaired) electrons. The van der Waals surface area contributed by atoms with Crippen LogP contribution in [0, 0.1) is 5.41 Å². The Morgan fingerprint density at radius 2 is 2.28 bits per heavy atom. The van der Waals surface area contributed by atoms with E-state index in [1.54, 1.807) is 18.5 Å². The normalized spacial score (nSPS) is 24.7. The highest BCUT2D eigenvalue weighted by Gasteiger charge is 2.26. The lowest BCUT2D eigenvalue weighted by Gasteiger charge is -2.25. The molecule has 1 aliphatic heterocycles. The molecule has 18 heavy (non-hydrogen) atoms. The fourth-order valence-electron chi connectivity index (χ4n) is 2.37. The molecule has 98 valence electrons. The first-order chi connectivity index (χ1) is 8.49. The number of nitrogens with two attached hydrogens (primary N) is 1. The standard InChI is InChI=1S/C13H20N4O/c1-13(18)4-2-7-17(8-5-13)11-9-16-6-3-10(11)12(14)15/h3,6,9,18H,2,4-5,7-8H2,1H3,(H3,14,15). The summed E-state index contributed by atoms with van der Waals surface area (Å²) in [5.74, 6) is 0.0587. The van der Waals surface area contributed by atoms with Gasteiger partial charge >= 0.3 is 0 Å². The van der Waals surface area contributed by atoms with Crippen molar-refractivity contribution in [1.29, 1.82) is 5.41 Å². The van der Waals surface area contributed by atoms with Crippen LogP contribution >= 0.6 is 0 Å². The maximum absolute atomic E-state index is 10.1. The zero-order valence-corrected chi connectivity index (χ0v) is 10.7. The third-order valence-corrected chi connectivity index (χ3v) is 3.49. The predicted octanol–water partition coefficient (Wildman–Crippen LogP) is 1.11. The number of nitrogens with zero attached hydrogens (tertiary/aromatic N) is 2. The van der Waals surface area contributed by atoms with Gasteiger partial charge in [-0.05, 0) is 32.3 Å². The van der Waals surface area contributed by atoms with Gasteiger partial charge in [0.25, 0.3) is 0 Å². The summed E-state index contributed by atoms with van der Waals surface area (Å²) in [6.07, 6.45) is 5.85. The Morgan fingerprint density at radius 3 is 3.00 bits per heavy atom. The van der Waals surface area contributed by atoms with Gasteiger partial charge in [-0.15, -0.1) is 0 Å². The minimum Gasteiger partial charge on any atom is -0.390 e. The number of hydrogen-bond acceptors (Lipinski definition) is 4. The van der Waals surface area contributed by atoms with Crippen LogP contribution < -0.4 is 10.6 Å². The van der Waals surface area contributed by atoms with Crippen LogP contribution in [-0.2, 0) is 0 Å². The average molecular weight is 248 g/mol. The van der Waals surface area contributed by atoms with Crippen molar-refractivity contribution >= 4 is 11.5 Å². The van der Waals surface area contributed by atoms with E-state index < -0.39 is 5.60 Å². The van der Waals surface area contributed by atoms with Crippen molar-refractivity contribution in [3.63, 3.8) is 0 Å². The molecule has 1 unspecified atom stereocenters. The Kier molecular flexibility index (Phi) is 3.52. The van der Waals surface area contributed by atoms with Crippen molar-refractivity contribution in [3.05, 3.63) is 24.0 Å². The highest BCUT2D eigenvalue weighted by atomic mass is 16.3. The molecule has 0 saturated carbocycles. The molecule has 0 aromatic carbocycles. The zero-order valence-electron chi connectivity index (χ0n) is 10.7. The van der Waals surface area contributed by atoms with E-state index in [1.165, 1.54) is 0 Å². The molecule has 2 rings (SSSR count). The van der Waals surface area contributed by atoms with E-state index in [0.29, 0.717) is 5.56 Å². The first-order valence-corrected chi connectivity index (χ1v) is 6.25. The van der Waals surface area contributed by atoms with Crippen LogP contribution in [0.4, 0.5) is 5.69 Å². The van der Waals surface area contributed by atoms with Gasteiger partial charge in [-0.2, -0.15) is 0 Å². The fourth-order valence-corrected chi connectivity index (χ4v) is 2.37. The molecule has 0 bridgehead atoms. The molecule has 1 saturated heterocycles. The topological polar surface area (TPSA) is 86.2 Å². The van der Waals surface area contributed by atoms with Crippen LogP contribution in [0.5, 0.6) is 0 Å². The first-order valence-electron chi connectivity index (χ1n) is 6.25. The molecule has 2 heterocycles. The number of aromatic nitrogens is 1. The summed E-state index contributed by atoms with van der Waals surface area (Å²) < 4.78 is 0. The molecule has 4 N–H and O–H groups in total. The van der Waals surface area contributed by atoms with Gasteiger partial charge in [0.15, 0.2) is 0 Å². The van der Waals surface area contributed by atoms with Crippen LogP contribution in [0.15, 0.2) is 18.5 Å². The van der Waals surface area contributed by atoms with Crippen LogP contribution in [0.2, 0.25) is 0 Å². The second-order valence-corrected chi connectivity index (χ2v) is 5.14. The SMILES string of the molecule is CC1(O)CCCN(c2cnccc2C(=N)N)CC1. The van der Waals surface area contributed by atoms with E-state index in [0.717, 1.165) is 38.0 Å². The van der Waals surface area contributed by atoms with Crippen molar-refractivity contribution in [2.24, 2.45) is 5.73 Å². The minimum absolute atomic E-state index is 0.0587. The Balaban J connectivity index is 2.24. The van der Waals surface area contributed by atoms with Crippen molar-refractivity contribution in [2.75, 3.05) is 18.0 Å². The molecule has 0 spiro atoms. The molecular weight excluding hydrogens is 228 g/mol. The van der Waals surface area contributed by atoms with Gasteiger partial charge in [0.1, 0.15) is 5.84 Å². The van der Waals surface area contributed by atoms with Crippen molar-refractivity contribution in [2.45, 2.75) is 31.8 Å². The molecule has 0 aliphatic carbocycles. The third kappa shape index (κ3) is 2.79.